The molecule has 0 bridgehead atoms. The van der Waals surface area contributed by atoms with Gasteiger partial charge in [0.15, 0.2) is 0 Å². The second-order valence-electron chi connectivity index (χ2n) is 5.31. The zero-order valence-electron chi connectivity index (χ0n) is 13.6. The number of amides is 2. The first-order valence-electron chi connectivity index (χ1n) is 7.49. The van der Waals surface area contributed by atoms with Gasteiger partial charge in [0.25, 0.3) is 11.8 Å². The number of carbonyl (C=O) groups excluding carboxylic acids is 2. The third-order valence-corrected chi connectivity index (χ3v) is 4.69. The van der Waals surface area contributed by atoms with Crippen molar-refractivity contribution in [3.8, 4) is 0 Å². The van der Waals surface area contributed by atoms with Crippen LogP contribution < -0.4 is 10.6 Å². The Hall–Kier alpha value is -1.79. The normalized spacial score (nSPS) is 10.5. The van der Waals surface area contributed by atoms with Gasteiger partial charge in [-0.3, -0.25) is 9.59 Å². The maximum Gasteiger partial charge on any atom is 0.260 e. The summed E-state index contributed by atoms with van der Waals surface area (Å²) in [4.78, 5) is 24.4. The summed E-state index contributed by atoms with van der Waals surface area (Å²) in [6.45, 7) is 6.05. The number of rotatable bonds is 5. The summed E-state index contributed by atoms with van der Waals surface area (Å²) in [5.74, 6) is 0.622. The molecule has 1 aromatic heterocycles. The van der Waals surface area contributed by atoms with Gasteiger partial charge in [-0.2, -0.15) is 0 Å². The highest BCUT2D eigenvalue weighted by molar-refractivity contribution is 9.10. The molecular formula is C17H18BrClN2O3. The number of halogens is 2. The van der Waals surface area contributed by atoms with Crippen LogP contribution in [0.15, 0.2) is 27.1 Å². The van der Waals surface area contributed by atoms with Crippen molar-refractivity contribution in [1.82, 2.24) is 5.32 Å². The summed E-state index contributed by atoms with van der Waals surface area (Å²) < 4.78 is 6.05. The fraction of sp³-hybridized carbons (Fsp3) is 0.294. The van der Waals surface area contributed by atoms with Crippen molar-refractivity contribution in [3.63, 3.8) is 0 Å². The lowest BCUT2D eigenvalue weighted by Crippen LogP contribution is -2.24. The lowest BCUT2D eigenvalue weighted by atomic mass is 10.1. The van der Waals surface area contributed by atoms with Crippen LogP contribution in [0.4, 0.5) is 5.69 Å². The van der Waals surface area contributed by atoms with Crippen molar-refractivity contribution >= 4 is 45.0 Å². The van der Waals surface area contributed by atoms with Crippen molar-refractivity contribution in [2.45, 2.75) is 27.2 Å². The summed E-state index contributed by atoms with van der Waals surface area (Å²) in [5, 5.41) is 5.80. The van der Waals surface area contributed by atoms with Gasteiger partial charge in [-0.05, 0) is 54.4 Å². The van der Waals surface area contributed by atoms with Gasteiger partial charge >= 0.3 is 0 Å². The number of hydrogen-bond acceptors (Lipinski definition) is 3. The minimum atomic E-state index is -0.310. The van der Waals surface area contributed by atoms with Gasteiger partial charge in [-0.1, -0.05) is 18.5 Å². The minimum absolute atomic E-state index is 0.233. The highest BCUT2D eigenvalue weighted by Crippen LogP contribution is 2.28. The van der Waals surface area contributed by atoms with E-state index in [1.54, 1.807) is 32.0 Å². The number of carbonyl (C=O) groups is 2. The quantitative estimate of drug-likeness (QED) is 0.746. The number of aryl methyl sites for hydroxylation is 2. The zero-order chi connectivity index (χ0) is 17.9. The number of hydrogen-bond donors (Lipinski definition) is 2. The Labute approximate surface area is 153 Å². The zero-order valence-corrected chi connectivity index (χ0v) is 16.0. The van der Waals surface area contributed by atoms with Gasteiger partial charge in [-0.15, -0.1) is 0 Å². The van der Waals surface area contributed by atoms with Crippen molar-refractivity contribution in [2.24, 2.45) is 0 Å². The molecule has 1 heterocycles. The lowest BCUT2D eigenvalue weighted by molar-refractivity contribution is 0.0953. The highest BCUT2D eigenvalue weighted by atomic mass is 79.9. The van der Waals surface area contributed by atoms with E-state index in [1.165, 1.54) is 0 Å². The number of benzene rings is 1. The minimum Gasteiger partial charge on any atom is -0.465 e. The van der Waals surface area contributed by atoms with Crippen LogP contribution in [-0.2, 0) is 0 Å². The van der Waals surface area contributed by atoms with Crippen LogP contribution in [0.1, 0.15) is 45.6 Å². The topological polar surface area (TPSA) is 71.3 Å². The van der Waals surface area contributed by atoms with Gasteiger partial charge < -0.3 is 15.1 Å². The monoisotopic (exact) mass is 412 g/mol. The van der Waals surface area contributed by atoms with E-state index in [0.29, 0.717) is 39.4 Å². The Morgan fingerprint density at radius 2 is 1.92 bits per heavy atom. The first kappa shape index (κ1) is 18.5. The molecule has 0 saturated carbocycles. The van der Waals surface area contributed by atoms with Crippen LogP contribution in [0.3, 0.4) is 0 Å². The molecule has 0 unspecified atom stereocenters. The fourth-order valence-electron chi connectivity index (χ4n) is 2.22. The van der Waals surface area contributed by atoms with E-state index in [2.05, 4.69) is 26.6 Å². The van der Waals surface area contributed by atoms with E-state index < -0.39 is 0 Å². The third-order valence-electron chi connectivity index (χ3n) is 3.42. The van der Waals surface area contributed by atoms with Gasteiger partial charge in [0.05, 0.1) is 20.6 Å². The van der Waals surface area contributed by atoms with E-state index in [-0.39, 0.29) is 16.8 Å². The molecule has 5 nitrogen and oxygen atoms in total. The predicted octanol–water partition coefficient (Wildman–Crippen LogP) is 4.70. The van der Waals surface area contributed by atoms with Gasteiger partial charge in [-0.25, -0.2) is 0 Å². The average Bonchev–Trinajstić information content (AvgIpc) is 2.77. The van der Waals surface area contributed by atoms with E-state index >= 15 is 0 Å². The van der Waals surface area contributed by atoms with Crippen LogP contribution in [-0.4, -0.2) is 18.4 Å². The molecule has 128 valence electrons. The number of nitrogens with one attached hydrogen (secondary N) is 2. The molecule has 24 heavy (non-hydrogen) atoms. The fourth-order valence-corrected chi connectivity index (χ4v) is 3.03. The standard InChI is InChI=1S/C17H18BrClN2O3/c1-4-7-20-16(22)12-6-5-11(8-13(12)19)21-17(23)14-9(2)24-10(3)15(14)18/h5-6,8H,4,7H2,1-3H3,(H,20,22)(H,21,23). The van der Waals surface area contributed by atoms with E-state index in [4.69, 9.17) is 16.0 Å². The first-order valence-corrected chi connectivity index (χ1v) is 8.66. The van der Waals surface area contributed by atoms with E-state index in [9.17, 15) is 9.59 Å². The Bertz CT molecular complexity index is 786. The van der Waals surface area contributed by atoms with E-state index in [0.717, 1.165) is 6.42 Å². The van der Waals surface area contributed by atoms with Crippen LogP contribution in [0.5, 0.6) is 0 Å². The number of anilines is 1. The predicted molar refractivity (Wildman–Crippen MR) is 97.9 cm³/mol. The smallest absolute Gasteiger partial charge is 0.260 e. The maximum absolute atomic E-state index is 12.4. The van der Waals surface area contributed by atoms with Crippen molar-refractivity contribution in [2.75, 3.05) is 11.9 Å². The van der Waals surface area contributed by atoms with Crippen molar-refractivity contribution < 1.29 is 14.0 Å². The Balaban J connectivity index is 2.17. The summed E-state index contributed by atoms with van der Waals surface area (Å²) in [7, 11) is 0. The number of furan rings is 1. The molecule has 2 amide bonds. The first-order chi connectivity index (χ1) is 11.3. The Kier molecular flexibility index (Phi) is 6.07. The van der Waals surface area contributed by atoms with Crippen LogP contribution in [0.25, 0.3) is 0 Å². The molecule has 0 aliphatic carbocycles. The third kappa shape index (κ3) is 3.99. The lowest BCUT2D eigenvalue weighted by Gasteiger charge is -2.09. The molecule has 0 atom stereocenters. The van der Waals surface area contributed by atoms with Gasteiger partial charge in [0.1, 0.15) is 11.5 Å². The molecule has 2 N–H and O–H groups in total. The molecule has 0 radical (unpaired) electrons. The largest absolute Gasteiger partial charge is 0.465 e. The molecule has 2 rings (SSSR count). The van der Waals surface area contributed by atoms with Crippen LogP contribution in [0, 0.1) is 13.8 Å². The molecule has 7 heteroatoms. The SMILES string of the molecule is CCCNC(=O)c1ccc(NC(=O)c2c(C)oc(C)c2Br)cc1Cl. The molecule has 2 aromatic rings. The molecule has 0 fully saturated rings. The molecule has 0 aliphatic rings. The molecule has 0 saturated heterocycles. The highest BCUT2D eigenvalue weighted by Gasteiger charge is 2.20. The summed E-state index contributed by atoms with van der Waals surface area (Å²) in [5.41, 5.74) is 1.32. The van der Waals surface area contributed by atoms with Crippen LogP contribution in [0.2, 0.25) is 5.02 Å². The summed E-state index contributed by atoms with van der Waals surface area (Å²) >= 11 is 9.51. The summed E-state index contributed by atoms with van der Waals surface area (Å²) in [6.07, 6.45) is 0.843. The Morgan fingerprint density at radius 1 is 1.21 bits per heavy atom. The second-order valence-corrected chi connectivity index (χ2v) is 6.51. The average molecular weight is 414 g/mol. The second kappa shape index (κ2) is 7.85. The van der Waals surface area contributed by atoms with Crippen LogP contribution >= 0.6 is 27.5 Å². The molecule has 0 spiro atoms. The molecular weight excluding hydrogens is 396 g/mol. The Morgan fingerprint density at radius 3 is 2.46 bits per heavy atom. The molecule has 1 aromatic carbocycles. The summed E-state index contributed by atoms with van der Waals surface area (Å²) in [6, 6.07) is 4.78. The van der Waals surface area contributed by atoms with Crippen molar-refractivity contribution in [1.29, 1.82) is 0 Å². The van der Waals surface area contributed by atoms with E-state index in [1.807, 2.05) is 6.92 Å². The van der Waals surface area contributed by atoms with Gasteiger partial charge in [0, 0.05) is 12.2 Å². The molecule has 0 aliphatic heterocycles. The maximum atomic E-state index is 12.4. The van der Waals surface area contributed by atoms with Crippen molar-refractivity contribution in [3.05, 3.63) is 50.3 Å². The van der Waals surface area contributed by atoms with Gasteiger partial charge in [0.2, 0.25) is 0 Å².